The number of benzene rings is 1. The number of carbonyl (C=O) groups is 2. The van der Waals surface area contributed by atoms with Gasteiger partial charge in [-0.05, 0) is 60.6 Å². The van der Waals surface area contributed by atoms with Crippen LogP contribution in [0.1, 0.15) is 43.0 Å². The van der Waals surface area contributed by atoms with Crippen molar-refractivity contribution in [1.29, 1.82) is 0 Å². The Labute approximate surface area is 142 Å². The third-order valence-corrected chi connectivity index (χ3v) is 5.76. The van der Waals surface area contributed by atoms with E-state index in [2.05, 4.69) is 27.9 Å². The number of nitrogens with one attached hydrogen (secondary N) is 1. The summed E-state index contributed by atoms with van der Waals surface area (Å²) >= 11 is 8.12. The third-order valence-electron chi connectivity index (χ3n) is 4.18. The van der Waals surface area contributed by atoms with E-state index in [1.54, 1.807) is 25.1 Å². The number of carbonyl (C=O) groups excluding carboxylic acids is 1. The molecule has 0 saturated heterocycles. The number of rotatable bonds is 3. The SMILES string of the molecule is CC1(C(=O)O)CCCCC1NC(=O)c1ccc(I)c(Cl)c1. The number of hydrogen-bond donors (Lipinski definition) is 2. The molecule has 1 aromatic carbocycles. The lowest BCUT2D eigenvalue weighted by molar-refractivity contribution is -0.151. The molecule has 21 heavy (non-hydrogen) atoms. The van der Waals surface area contributed by atoms with Crippen LogP contribution in [0.5, 0.6) is 0 Å². The molecule has 2 unspecified atom stereocenters. The zero-order chi connectivity index (χ0) is 15.6. The van der Waals surface area contributed by atoms with E-state index in [-0.39, 0.29) is 11.9 Å². The molecule has 1 amide bonds. The minimum absolute atomic E-state index is 0.271. The Hall–Kier alpha value is -0.820. The molecule has 0 spiro atoms. The molecule has 1 fully saturated rings. The highest BCUT2D eigenvalue weighted by molar-refractivity contribution is 14.1. The Morgan fingerprint density at radius 1 is 1.43 bits per heavy atom. The van der Waals surface area contributed by atoms with Gasteiger partial charge in [0.05, 0.1) is 10.4 Å². The Bertz CT molecular complexity index is 578. The monoisotopic (exact) mass is 421 g/mol. The van der Waals surface area contributed by atoms with Gasteiger partial charge in [0.1, 0.15) is 0 Å². The van der Waals surface area contributed by atoms with Crippen LogP contribution in [0.25, 0.3) is 0 Å². The number of halogens is 2. The van der Waals surface area contributed by atoms with Gasteiger partial charge in [0, 0.05) is 15.2 Å². The van der Waals surface area contributed by atoms with Gasteiger partial charge in [-0.2, -0.15) is 0 Å². The lowest BCUT2D eigenvalue weighted by atomic mass is 9.71. The van der Waals surface area contributed by atoms with Crippen LogP contribution < -0.4 is 5.32 Å². The van der Waals surface area contributed by atoms with E-state index in [9.17, 15) is 14.7 Å². The molecule has 0 aromatic heterocycles. The molecule has 1 aliphatic rings. The minimum atomic E-state index is -0.902. The van der Waals surface area contributed by atoms with Gasteiger partial charge in [0.2, 0.25) is 0 Å². The summed E-state index contributed by atoms with van der Waals surface area (Å²) < 4.78 is 0.874. The van der Waals surface area contributed by atoms with E-state index in [0.717, 1.165) is 16.4 Å². The smallest absolute Gasteiger partial charge is 0.311 e. The number of hydrogen-bond acceptors (Lipinski definition) is 2. The highest BCUT2D eigenvalue weighted by Crippen LogP contribution is 2.36. The molecule has 1 saturated carbocycles. The van der Waals surface area contributed by atoms with Crippen LogP contribution in [0.15, 0.2) is 18.2 Å². The normalized spacial score (nSPS) is 25.4. The maximum Gasteiger partial charge on any atom is 0.311 e. The second-order valence-electron chi connectivity index (χ2n) is 5.62. The fourth-order valence-corrected chi connectivity index (χ4v) is 3.22. The van der Waals surface area contributed by atoms with E-state index in [1.165, 1.54) is 0 Å². The van der Waals surface area contributed by atoms with Crippen molar-refractivity contribution >= 4 is 46.1 Å². The summed E-state index contributed by atoms with van der Waals surface area (Å²) in [4.78, 5) is 23.9. The summed E-state index contributed by atoms with van der Waals surface area (Å²) in [5.74, 6) is -1.12. The summed E-state index contributed by atoms with van der Waals surface area (Å²) in [6.45, 7) is 1.71. The molecular formula is C15H17ClINO3. The highest BCUT2D eigenvalue weighted by Gasteiger charge is 2.43. The lowest BCUT2D eigenvalue weighted by Gasteiger charge is -2.38. The van der Waals surface area contributed by atoms with Gasteiger partial charge in [-0.25, -0.2) is 0 Å². The van der Waals surface area contributed by atoms with Crippen molar-refractivity contribution in [2.75, 3.05) is 0 Å². The molecule has 4 nitrogen and oxygen atoms in total. The second kappa shape index (κ2) is 6.52. The summed E-state index contributed by atoms with van der Waals surface area (Å²) in [7, 11) is 0. The molecule has 0 bridgehead atoms. The topological polar surface area (TPSA) is 66.4 Å². The molecule has 6 heteroatoms. The number of amides is 1. The first-order valence-corrected chi connectivity index (χ1v) is 8.29. The van der Waals surface area contributed by atoms with Gasteiger partial charge in [-0.1, -0.05) is 24.4 Å². The fraction of sp³-hybridized carbons (Fsp3) is 0.467. The van der Waals surface area contributed by atoms with Gasteiger partial charge in [0.25, 0.3) is 5.91 Å². The number of aliphatic carboxylic acids is 1. The Morgan fingerprint density at radius 2 is 2.14 bits per heavy atom. The van der Waals surface area contributed by atoms with E-state index in [0.29, 0.717) is 23.4 Å². The van der Waals surface area contributed by atoms with Crippen molar-refractivity contribution in [3.63, 3.8) is 0 Å². The maximum absolute atomic E-state index is 12.3. The molecule has 0 heterocycles. The quantitative estimate of drug-likeness (QED) is 0.731. The zero-order valence-electron chi connectivity index (χ0n) is 11.7. The Morgan fingerprint density at radius 3 is 2.76 bits per heavy atom. The highest BCUT2D eigenvalue weighted by atomic mass is 127. The predicted octanol–water partition coefficient (Wildman–Crippen LogP) is 3.71. The molecule has 1 aliphatic carbocycles. The average molecular weight is 422 g/mol. The van der Waals surface area contributed by atoms with Crippen molar-refractivity contribution in [3.05, 3.63) is 32.4 Å². The van der Waals surface area contributed by atoms with Crippen molar-refractivity contribution < 1.29 is 14.7 Å². The van der Waals surface area contributed by atoms with Gasteiger partial charge >= 0.3 is 5.97 Å². The zero-order valence-corrected chi connectivity index (χ0v) is 14.6. The van der Waals surface area contributed by atoms with Crippen molar-refractivity contribution in [2.45, 2.75) is 38.6 Å². The summed E-state index contributed by atoms with van der Waals surface area (Å²) in [6.07, 6.45) is 3.08. The summed E-state index contributed by atoms with van der Waals surface area (Å²) in [5.41, 5.74) is -0.445. The van der Waals surface area contributed by atoms with Crippen LogP contribution >= 0.6 is 34.2 Å². The van der Waals surface area contributed by atoms with Crippen molar-refractivity contribution in [3.8, 4) is 0 Å². The fourth-order valence-electron chi connectivity index (χ4n) is 2.70. The molecule has 2 N–H and O–H groups in total. The first-order valence-electron chi connectivity index (χ1n) is 6.84. The molecular weight excluding hydrogens is 405 g/mol. The average Bonchev–Trinajstić information content (AvgIpc) is 2.44. The van der Waals surface area contributed by atoms with E-state index in [4.69, 9.17) is 11.6 Å². The van der Waals surface area contributed by atoms with Gasteiger partial charge in [-0.3, -0.25) is 9.59 Å². The third kappa shape index (κ3) is 3.51. The molecule has 2 rings (SSSR count). The molecule has 1 aromatic rings. The molecule has 2 atom stereocenters. The summed E-state index contributed by atoms with van der Waals surface area (Å²) in [5, 5.41) is 12.9. The van der Waals surface area contributed by atoms with Crippen molar-refractivity contribution in [2.24, 2.45) is 5.41 Å². The summed E-state index contributed by atoms with van der Waals surface area (Å²) in [6, 6.07) is 4.73. The van der Waals surface area contributed by atoms with Gasteiger partial charge in [0.15, 0.2) is 0 Å². The van der Waals surface area contributed by atoms with Gasteiger partial charge < -0.3 is 10.4 Å². The Balaban J connectivity index is 2.17. The van der Waals surface area contributed by atoms with Crippen LogP contribution in [0.2, 0.25) is 5.02 Å². The predicted molar refractivity (Wildman–Crippen MR) is 89.6 cm³/mol. The molecule has 0 radical (unpaired) electrons. The standard InChI is InChI=1S/C15H17ClINO3/c1-15(14(20)21)7-3-2-4-12(15)18-13(19)9-5-6-11(17)10(16)8-9/h5-6,8,12H,2-4,7H2,1H3,(H,18,19)(H,20,21). The van der Waals surface area contributed by atoms with Crippen molar-refractivity contribution in [1.82, 2.24) is 5.32 Å². The molecule has 114 valence electrons. The van der Waals surface area contributed by atoms with E-state index < -0.39 is 11.4 Å². The van der Waals surface area contributed by atoms with Crippen LogP contribution in [0.4, 0.5) is 0 Å². The first-order chi connectivity index (χ1) is 9.84. The molecule has 0 aliphatic heterocycles. The number of carboxylic acids is 1. The van der Waals surface area contributed by atoms with Crippen LogP contribution in [-0.2, 0) is 4.79 Å². The number of carboxylic acid groups (broad SMARTS) is 1. The second-order valence-corrected chi connectivity index (χ2v) is 7.19. The largest absolute Gasteiger partial charge is 0.481 e. The van der Waals surface area contributed by atoms with E-state index in [1.807, 2.05) is 0 Å². The first kappa shape index (κ1) is 16.5. The van der Waals surface area contributed by atoms with E-state index >= 15 is 0 Å². The van der Waals surface area contributed by atoms with Crippen LogP contribution in [0, 0.1) is 8.99 Å². The van der Waals surface area contributed by atoms with Crippen LogP contribution in [0.3, 0.4) is 0 Å². The lowest BCUT2D eigenvalue weighted by Crippen LogP contribution is -2.52. The minimum Gasteiger partial charge on any atom is -0.481 e. The Kier molecular flexibility index (Phi) is 5.14. The maximum atomic E-state index is 12.3. The van der Waals surface area contributed by atoms with Crippen LogP contribution in [-0.4, -0.2) is 23.0 Å². The van der Waals surface area contributed by atoms with Gasteiger partial charge in [-0.15, -0.1) is 0 Å².